The Labute approximate surface area is 141 Å². The van der Waals surface area contributed by atoms with Gasteiger partial charge in [-0.2, -0.15) is 0 Å². The summed E-state index contributed by atoms with van der Waals surface area (Å²) >= 11 is 6.26. The Kier molecular flexibility index (Phi) is 5.93. The van der Waals surface area contributed by atoms with Crippen molar-refractivity contribution in [1.82, 2.24) is 15.5 Å². The second kappa shape index (κ2) is 7.92. The molecule has 0 aliphatic heterocycles. The number of aryl methyl sites for hydroxylation is 2. The van der Waals surface area contributed by atoms with Crippen LogP contribution in [0.2, 0.25) is 5.02 Å². The minimum absolute atomic E-state index is 0.206. The fourth-order valence-electron chi connectivity index (χ4n) is 2.19. The van der Waals surface area contributed by atoms with E-state index < -0.39 is 0 Å². The molecule has 1 heterocycles. The quantitative estimate of drug-likeness (QED) is 0.784. The van der Waals surface area contributed by atoms with Crippen LogP contribution in [-0.2, 0) is 0 Å². The number of hydrogen-bond acceptors (Lipinski definition) is 4. The van der Waals surface area contributed by atoms with E-state index in [1.807, 2.05) is 26.0 Å². The molecule has 0 atom stereocenters. The molecule has 0 saturated heterocycles. The zero-order valence-corrected chi connectivity index (χ0v) is 14.4. The van der Waals surface area contributed by atoms with E-state index in [4.69, 9.17) is 11.6 Å². The number of amides is 1. The molecule has 0 aliphatic carbocycles. The van der Waals surface area contributed by atoms with E-state index in [1.165, 1.54) is 0 Å². The highest BCUT2D eigenvalue weighted by atomic mass is 35.5. The molecular formula is C17H21ClN4O. The van der Waals surface area contributed by atoms with Crippen molar-refractivity contribution in [2.75, 3.05) is 11.9 Å². The van der Waals surface area contributed by atoms with Crippen LogP contribution in [0.25, 0.3) is 0 Å². The summed E-state index contributed by atoms with van der Waals surface area (Å²) in [5.41, 5.74) is 3.23. The average molecular weight is 333 g/mol. The summed E-state index contributed by atoms with van der Waals surface area (Å²) in [6, 6.07) is 7.29. The minimum Gasteiger partial charge on any atom is -0.351 e. The van der Waals surface area contributed by atoms with Gasteiger partial charge in [0.05, 0.1) is 10.7 Å². The number of nitrogens with one attached hydrogen (secondary N) is 2. The Morgan fingerprint density at radius 2 is 2.00 bits per heavy atom. The van der Waals surface area contributed by atoms with Crippen LogP contribution >= 0.6 is 11.6 Å². The number of unbranched alkanes of at least 4 members (excludes halogenated alkanes) is 1. The van der Waals surface area contributed by atoms with E-state index >= 15 is 0 Å². The Hall–Kier alpha value is -2.14. The number of anilines is 2. The lowest BCUT2D eigenvalue weighted by Gasteiger charge is -2.11. The van der Waals surface area contributed by atoms with Crippen LogP contribution in [0.3, 0.4) is 0 Å². The molecule has 1 aromatic heterocycles. The molecule has 0 unspecified atom stereocenters. The maximum atomic E-state index is 11.9. The standard InChI is InChI=1S/C17H21ClN4O/c1-4-5-8-19-17(23)14-6-7-15(22-21-14)20-16-12(3)9-11(2)10-13(16)18/h6-7,9-10H,4-5,8H2,1-3H3,(H,19,23)(H,20,22). The summed E-state index contributed by atoms with van der Waals surface area (Å²) in [5.74, 6) is 0.339. The maximum Gasteiger partial charge on any atom is 0.271 e. The normalized spacial score (nSPS) is 10.4. The number of rotatable bonds is 6. The van der Waals surface area contributed by atoms with Crippen molar-refractivity contribution in [3.05, 3.63) is 46.1 Å². The highest BCUT2D eigenvalue weighted by Gasteiger charge is 2.10. The Morgan fingerprint density at radius 1 is 1.22 bits per heavy atom. The van der Waals surface area contributed by atoms with Gasteiger partial charge >= 0.3 is 0 Å². The molecule has 2 rings (SSSR count). The number of nitrogens with zero attached hydrogens (tertiary/aromatic N) is 2. The summed E-state index contributed by atoms with van der Waals surface area (Å²) in [6.07, 6.45) is 1.98. The van der Waals surface area contributed by atoms with Crippen molar-refractivity contribution in [3.8, 4) is 0 Å². The lowest BCUT2D eigenvalue weighted by atomic mass is 10.1. The molecule has 0 spiro atoms. The molecule has 0 radical (unpaired) electrons. The number of aromatic nitrogens is 2. The van der Waals surface area contributed by atoms with Gasteiger partial charge in [-0.25, -0.2) is 0 Å². The van der Waals surface area contributed by atoms with E-state index in [9.17, 15) is 4.79 Å². The molecule has 122 valence electrons. The molecule has 0 aliphatic rings. The summed E-state index contributed by atoms with van der Waals surface area (Å²) in [4.78, 5) is 11.9. The second-order valence-electron chi connectivity index (χ2n) is 5.48. The third kappa shape index (κ3) is 4.66. The van der Waals surface area contributed by atoms with Crippen LogP contribution in [0, 0.1) is 13.8 Å². The van der Waals surface area contributed by atoms with Gasteiger partial charge in [0.25, 0.3) is 5.91 Å². The molecular weight excluding hydrogens is 312 g/mol. The van der Waals surface area contributed by atoms with Crippen molar-refractivity contribution in [1.29, 1.82) is 0 Å². The van der Waals surface area contributed by atoms with Crippen LogP contribution in [0.5, 0.6) is 0 Å². The summed E-state index contributed by atoms with van der Waals surface area (Å²) < 4.78 is 0. The van der Waals surface area contributed by atoms with Crippen molar-refractivity contribution >= 4 is 29.0 Å². The smallest absolute Gasteiger partial charge is 0.271 e. The van der Waals surface area contributed by atoms with E-state index in [0.717, 1.165) is 29.7 Å². The van der Waals surface area contributed by atoms with E-state index in [0.29, 0.717) is 23.1 Å². The first-order chi connectivity index (χ1) is 11.0. The molecule has 0 bridgehead atoms. The summed E-state index contributed by atoms with van der Waals surface area (Å²) in [7, 11) is 0. The predicted molar refractivity (Wildman–Crippen MR) is 93.5 cm³/mol. The van der Waals surface area contributed by atoms with Gasteiger partial charge < -0.3 is 10.6 Å². The van der Waals surface area contributed by atoms with Crippen molar-refractivity contribution in [2.45, 2.75) is 33.6 Å². The first kappa shape index (κ1) is 17.2. The van der Waals surface area contributed by atoms with E-state index in [-0.39, 0.29) is 5.91 Å². The van der Waals surface area contributed by atoms with E-state index in [1.54, 1.807) is 12.1 Å². The highest BCUT2D eigenvalue weighted by molar-refractivity contribution is 6.33. The predicted octanol–water partition coefficient (Wildman–Crippen LogP) is 4.02. The molecule has 0 fully saturated rings. The monoisotopic (exact) mass is 332 g/mol. The van der Waals surface area contributed by atoms with Gasteiger partial charge in [-0.15, -0.1) is 10.2 Å². The lowest BCUT2D eigenvalue weighted by Crippen LogP contribution is -2.25. The molecule has 6 heteroatoms. The molecule has 1 aromatic carbocycles. The first-order valence-electron chi connectivity index (χ1n) is 7.67. The fourth-order valence-corrected chi connectivity index (χ4v) is 2.56. The Bertz CT molecular complexity index is 662. The van der Waals surface area contributed by atoms with Crippen LogP contribution in [-0.4, -0.2) is 22.6 Å². The van der Waals surface area contributed by atoms with Gasteiger partial charge in [0, 0.05) is 6.54 Å². The highest BCUT2D eigenvalue weighted by Crippen LogP contribution is 2.29. The topological polar surface area (TPSA) is 66.9 Å². The summed E-state index contributed by atoms with van der Waals surface area (Å²) in [5, 5.41) is 14.6. The minimum atomic E-state index is -0.206. The van der Waals surface area contributed by atoms with Crippen LogP contribution < -0.4 is 10.6 Å². The number of halogens is 1. The van der Waals surface area contributed by atoms with Gasteiger partial charge in [0.2, 0.25) is 0 Å². The zero-order chi connectivity index (χ0) is 16.8. The van der Waals surface area contributed by atoms with Gasteiger partial charge in [-0.1, -0.05) is 31.0 Å². The van der Waals surface area contributed by atoms with Gasteiger partial charge in [-0.3, -0.25) is 4.79 Å². The molecule has 1 amide bonds. The number of benzene rings is 1. The average Bonchev–Trinajstić information content (AvgIpc) is 2.51. The molecule has 5 nitrogen and oxygen atoms in total. The SMILES string of the molecule is CCCCNC(=O)c1ccc(Nc2c(C)cc(C)cc2Cl)nn1. The molecule has 23 heavy (non-hydrogen) atoms. The van der Waals surface area contributed by atoms with Crippen molar-refractivity contribution in [3.63, 3.8) is 0 Å². The summed E-state index contributed by atoms with van der Waals surface area (Å²) in [6.45, 7) is 6.69. The van der Waals surface area contributed by atoms with Gasteiger partial charge in [0.1, 0.15) is 0 Å². The molecule has 2 aromatic rings. The number of carbonyl (C=O) groups excluding carboxylic acids is 1. The largest absolute Gasteiger partial charge is 0.351 e. The van der Waals surface area contributed by atoms with Crippen molar-refractivity contribution < 1.29 is 4.79 Å². The lowest BCUT2D eigenvalue weighted by molar-refractivity contribution is 0.0947. The van der Waals surface area contributed by atoms with Crippen molar-refractivity contribution in [2.24, 2.45) is 0 Å². The number of hydrogen-bond donors (Lipinski definition) is 2. The number of carbonyl (C=O) groups is 1. The van der Waals surface area contributed by atoms with Crippen LogP contribution in [0.4, 0.5) is 11.5 Å². The third-order valence-corrected chi connectivity index (χ3v) is 3.70. The third-order valence-electron chi connectivity index (χ3n) is 3.40. The van der Waals surface area contributed by atoms with Crippen LogP contribution in [0.15, 0.2) is 24.3 Å². The Balaban J connectivity index is 2.07. The Morgan fingerprint density at radius 3 is 2.61 bits per heavy atom. The molecule has 0 saturated carbocycles. The second-order valence-corrected chi connectivity index (χ2v) is 5.88. The van der Waals surface area contributed by atoms with E-state index in [2.05, 4.69) is 27.8 Å². The fraction of sp³-hybridized carbons (Fsp3) is 0.353. The van der Waals surface area contributed by atoms with Crippen LogP contribution in [0.1, 0.15) is 41.4 Å². The maximum absolute atomic E-state index is 11.9. The molecule has 2 N–H and O–H groups in total. The van der Waals surface area contributed by atoms with Gasteiger partial charge in [-0.05, 0) is 49.6 Å². The first-order valence-corrected chi connectivity index (χ1v) is 8.04. The zero-order valence-electron chi connectivity index (χ0n) is 13.6. The van der Waals surface area contributed by atoms with Gasteiger partial charge in [0.15, 0.2) is 11.5 Å².